The van der Waals surface area contributed by atoms with E-state index in [0.29, 0.717) is 6.04 Å². The summed E-state index contributed by atoms with van der Waals surface area (Å²) in [7, 11) is 4.32. The summed E-state index contributed by atoms with van der Waals surface area (Å²) in [6.07, 6.45) is 1.22. The van der Waals surface area contributed by atoms with Crippen molar-refractivity contribution in [1.29, 1.82) is 0 Å². The molecule has 1 fully saturated rings. The molecule has 0 bridgehead atoms. The highest BCUT2D eigenvalue weighted by atomic mass is 35.5. The fraction of sp³-hybridized carbons (Fsp3) is 0.600. The largest absolute Gasteiger partial charge is 0.370 e. The topological polar surface area (TPSA) is 18.5 Å². The summed E-state index contributed by atoms with van der Waals surface area (Å²) < 4.78 is 0. The van der Waals surface area contributed by atoms with Gasteiger partial charge >= 0.3 is 0 Å². The van der Waals surface area contributed by atoms with Crippen molar-refractivity contribution in [2.24, 2.45) is 0 Å². The molecule has 0 aromatic heterocycles. The van der Waals surface area contributed by atoms with Crippen LogP contribution >= 0.6 is 11.6 Å². The maximum atomic E-state index is 6.17. The summed E-state index contributed by atoms with van der Waals surface area (Å²) in [5.41, 5.74) is 2.63. The van der Waals surface area contributed by atoms with Crippen LogP contribution in [0, 0.1) is 0 Å². The molecule has 1 aliphatic rings. The number of rotatable bonds is 5. The zero-order valence-electron chi connectivity index (χ0n) is 12.1. The first-order valence-electron chi connectivity index (χ1n) is 7.02. The number of likely N-dealkylation sites (N-methyl/N-ethyl adjacent to an activating group) is 1. The molecular formula is C15H24ClN3. The summed E-state index contributed by atoms with van der Waals surface area (Å²) in [6.45, 7) is 6.23. The Morgan fingerprint density at radius 3 is 2.84 bits per heavy atom. The number of halogens is 1. The molecule has 1 aliphatic heterocycles. The second-order valence-corrected chi connectivity index (χ2v) is 5.84. The molecular weight excluding hydrogens is 258 g/mol. The molecule has 0 spiro atoms. The first-order valence-corrected chi connectivity index (χ1v) is 7.40. The van der Waals surface area contributed by atoms with Crippen LogP contribution in [0.3, 0.4) is 0 Å². The van der Waals surface area contributed by atoms with Gasteiger partial charge in [0, 0.05) is 36.4 Å². The lowest BCUT2D eigenvalue weighted by atomic mass is 10.1. The van der Waals surface area contributed by atoms with E-state index in [-0.39, 0.29) is 0 Å². The zero-order chi connectivity index (χ0) is 13.8. The fourth-order valence-corrected chi connectivity index (χ4v) is 2.79. The van der Waals surface area contributed by atoms with Crippen LogP contribution in [-0.2, 0) is 6.54 Å². The van der Waals surface area contributed by atoms with Crippen molar-refractivity contribution in [1.82, 2.24) is 10.2 Å². The van der Waals surface area contributed by atoms with E-state index in [1.165, 1.54) is 17.7 Å². The van der Waals surface area contributed by atoms with Gasteiger partial charge in [-0.3, -0.25) is 0 Å². The van der Waals surface area contributed by atoms with Crippen molar-refractivity contribution < 1.29 is 0 Å². The minimum Gasteiger partial charge on any atom is -0.370 e. The molecule has 1 heterocycles. The van der Waals surface area contributed by atoms with E-state index < -0.39 is 0 Å². The first kappa shape index (κ1) is 14.6. The van der Waals surface area contributed by atoms with E-state index in [2.05, 4.69) is 48.3 Å². The van der Waals surface area contributed by atoms with Crippen LogP contribution in [0.2, 0.25) is 5.02 Å². The van der Waals surface area contributed by atoms with Crippen LogP contribution in [-0.4, -0.2) is 44.7 Å². The molecule has 1 atom stereocenters. The minimum atomic E-state index is 0.644. The van der Waals surface area contributed by atoms with Gasteiger partial charge in [-0.15, -0.1) is 0 Å². The fourth-order valence-electron chi connectivity index (χ4n) is 2.62. The molecule has 4 heteroatoms. The van der Waals surface area contributed by atoms with Crippen LogP contribution in [0.15, 0.2) is 18.2 Å². The molecule has 1 aromatic carbocycles. The SMILES string of the molecule is CCNCc1ccc(Cl)cc1N1CCC(N(C)C)C1. The summed E-state index contributed by atoms with van der Waals surface area (Å²) in [4.78, 5) is 4.78. The first-order chi connectivity index (χ1) is 9.11. The molecule has 1 N–H and O–H groups in total. The second kappa shape index (κ2) is 6.60. The van der Waals surface area contributed by atoms with Gasteiger partial charge in [-0.2, -0.15) is 0 Å². The molecule has 3 nitrogen and oxygen atoms in total. The van der Waals surface area contributed by atoms with E-state index in [4.69, 9.17) is 11.6 Å². The summed E-state index contributed by atoms with van der Waals surface area (Å²) >= 11 is 6.17. The third kappa shape index (κ3) is 3.62. The Kier molecular flexibility index (Phi) is 5.08. The normalized spacial score (nSPS) is 19.4. The standard InChI is InChI=1S/C15H24ClN3/c1-4-17-10-12-5-6-13(16)9-15(12)19-8-7-14(11-19)18(2)3/h5-6,9,14,17H,4,7-8,10-11H2,1-3H3. The lowest BCUT2D eigenvalue weighted by Crippen LogP contribution is -2.32. The predicted molar refractivity (Wildman–Crippen MR) is 83.1 cm³/mol. The zero-order valence-corrected chi connectivity index (χ0v) is 12.9. The Morgan fingerprint density at radius 1 is 1.42 bits per heavy atom. The Balaban J connectivity index is 2.16. The summed E-state index contributed by atoms with van der Waals surface area (Å²) in [5, 5.41) is 4.22. The van der Waals surface area contributed by atoms with Crippen molar-refractivity contribution in [3.8, 4) is 0 Å². The monoisotopic (exact) mass is 281 g/mol. The lowest BCUT2D eigenvalue weighted by molar-refractivity contribution is 0.315. The smallest absolute Gasteiger partial charge is 0.0427 e. The highest BCUT2D eigenvalue weighted by Gasteiger charge is 2.25. The molecule has 0 saturated carbocycles. The van der Waals surface area contributed by atoms with Crippen LogP contribution in [0.25, 0.3) is 0 Å². The molecule has 19 heavy (non-hydrogen) atoms. The molecule has 1 unspecified atom stereocenters. The third-order valence-corrected chi connectivity index (χ3v) is 4.08. The number of hydrogen-bond acceptors (Lipinski definition) is 3. The maximum absolute atomic E-state index is 6.17. The average Bonchev–Trinajstić information content (AvgIpc) is 2.87. The Bertz CT molecular complexity index is 420. The van der Waals surface area contributed by atoms with Crippen molar-refractivity contribution in [3.05, 3.63) is 28.8 Å². The predicted octanol–water partition coefficient (Wildman–Crippen LogP) is 2.59. The van der Waals surface area contributed by atoms with Gasteiger partial charge in [0.15, 0.2) is 0 Å². The number of hydrogen-bond donors (Lipinski definition) is 1. The van der Waals surface area contributed by atoms with Crippen LogP contribution in [0.4, 0.5) is 5.69 Å². The van der Waals surface area contributed by atoms with Gasteiger partial charge in [-0.25, -0.2) is 0 Å². The molecule has 0 aliphatic carbocycles. The number of benzene rings is 1. The molecule has 0 radical (unpaired) electrons. The van der Waals surface area contributed by atoms with Gasteiger partial charge in [0.05, 0.1) is 0 Å². The van der Waals surface area contributed by atoms with Gasteiger partial charge in [0.1, 0.15) is 0 Å². The van der Waals surface area contributed by atoms with E-state index in [9.17, 15) is 0 Å². The van der Waals surface area contributed by atoms with E-state index in [1.54, 1.807) is 0 Å². The van der Waals surface area contributed by atoms with Crippen molar-refractivity contribution >= 4 is 17.3 Å². The van der Waals surface area contributed by atoms with Gasteiger partial charge < -0.3 is 15.1 Å². The van der Waals surface area contributed by atoms with Crippen LogP contribution < -0.4 is 10.2 Å². The van der Waals surface area contributed by atoms with Crippen LogP contribution in [0.1, 0.15) is 18.9 Å². The Labute approximate surface area is 121 Å². The number of anilines is 1. The Morgan fingerprint density at radius 2 is 2.21 bits per heavy atom. The minimum absolute atomic E-state index is 0.644. The second-order valence-electron chi connectivity index (χ2n) is 5.41. The van der Waals surface area contributed by atoms with Gasteiger partial charge in [-0.1, -0.05) is 24.6 Å². The number of nitrogens with one attached hydrogen (secondary N) is 1. The molecule has 0 amide bonds. The molecule has 1 saturated heterocycles. The van der Waals surface area contributed by atoms with E-state index in [0.717, 1.165) is 31.2 Å². The number of nitrogens with zero attached hydrogens (tertiary/aromatic N) is 2. The van der Waals surface area contributed by atoms with Crippen molar-refractivity contribution in [3.63, 3.8) is 0 Å². The molecule has 1 aromatic rings. The highest BCUT2D eigenvalue weighted by molar-refractivity contribution is 6.30. The van der Waals surface area contributed by atoms with E-state index >= 15 is 0 Å². The molecule has 2 rings (SSSR count). The quantitative estimate of drug-likeness (QED) is 0.895. The van der Waals surface area contributed by atoms with Crippen molar-refractivity contribution in [2.45, 2.75) is 25.9 Å². The lowest BCUT2D eigenvalue weighted by Gasteiger charge is -2.24. The molecule has 106 valence electrons. The average molecular weight is 282 g/mol. The highest BCUT2D eigenvalue weighted by Crippen LogP contribution is 2.28. The van der Waals surface area contributed by atoms with Gasteiger partial charge in [0.2, 0.25) is 0 Å². The van der Waals surface area contributed by atoms with Gasteiger partial charge in [-0.05, 0) is 44.8 Å². The Hall–Kier alpha value is -0.770. The van der Waals surface area contributed by atoms with Crippen molar-refractivity contribution in [2.75, 3.05) is 38.6 Å². The van der Waals surface area contributed by atoms with Crippen LogP contribution in [0.5, 0.6) is 0 Å². The third-order valence-electron chi connectivity index (χ3n) is 3.85. The van der Waals surface area contributed by atoms with E-state index in [1.807, 2.05) is 6.07 Å². The summed E-state index contributed by atoms with van der Waals surface area (Å²) in [6, 6.07) is 6.87. The van der Waals surface area contributed by atoms with Gasteiger partial charge in [0.25, 0.3) is 0 Å². The maximum Gasteiger partial charge on any atom is 0.0427 e. The summed E-state index contributed by atoms with van der Waals surface area (Å²) in [5.74, 6) is 0.